The van der Waals surface area contributed by atoms with E-state index in [-0.39, 0.29) is 20.4 Å². The zero-order valence-corrected chi connectivity index (χ0v) is 27.2. The molecule has 2 aromatic rings. The Kier molecular flexibility index (Phi) is 16.5. The normalized spacial score (nSPS) is 19.1. The summed E-state index contributed by atoms with van der Waals surface area (Å²) in [6.45, 7) is 0. The molecule has 5 rings (SSSR count). The van der Waals surface area contributed by atoms with E-state index in [1.54, 1.807) is 77.0 Å². The Bertz CT molecular complexity index is 968. The summed E-state index contributed by atoms with van der Waals surface area (Å²) in [6, 6.07) is 19.4. The predicted molar refractivity (Wildman–Crippen MR) is 165 cm³/mol. The Balaban J connectivity index is 0.000000236. The molecule has 0 aliphatic heterocycles. The van der Waals surface area contributed by atoms with E-state index < -0.39 is 10.1 Å². The van der Waals surface area contributed by atoms with Crippen LogP contribution in [0.5, 0.6) is 0 Å². The number of nitrogens with one attached hydrogen (secondary N) is 1. The summed E-state index contributed by atoms with van der Waals surface area (Å²) in [6.07, 6.45) is 24.3. The fourth-order valence-electron chi connectivity index (χ4n) is 6.53. The van der Waals surface area contributed by atoms with Crippen LogP contribution in [0.4, 0.5) is 5.69 Å². The van der Waals surface area contributed by atoms with Crippen molar-refractivity contribution in [3.8, 4) is 11.1 Å². The first-order valence-corrected chi connectivity index (χ1v) is 18.2. The summed E-state index contributed by atoms with van der Waals surface area (Å²) in [5.41, 5.74) is 7.02. The van der Waals surface area contributed by atoms with Gasteiger partial charge in [-0.3, -0.25) is 4.55 Å². The van der Waals surface area contributed by atoms with Crippen molar-refractivity contribution in [3.05, 3.63) is 54.6 Å². The van der Waals surface area contributed by atoms with Crippen LogP contribution in [0.3, 0.4) is 0 Å². The minimum atomic E-state index is -3.67. The molecule has 2 N–H and O–H groups in total. The zero-order chi connectivity index (χ0) is 27.2. The molecule has 4 nitrogen and oxygen atoms in total. The standard InChI is InChI=1S/C18H33P.C13H12N.CH4O3S.Pd/c1-4-10-16(11-5-1)19(17-12-6-2-7-13-17)18-14-8-3-9-15-18;1-14-13-10-6-5-9-12(13)11-7-3-2-4-8-11;1-5(2,3)4;/h16-18H,1-15H2;2-7,9-10,14H,1H3;1H3,(H,2,3,4);/q;-1;;. The number of hydrogen-bond donors (Lipinski definition) is 2. The van der Waals surface area contributed by atoms with Gasteiger partial charge in [0.05, 0.1) is 6.26 Å². The molecule has 222 valence electrons. The number of para-hydroxylation sites is 1. The fourth-order valence-corrected chi connectivity index (χ4v) is 11.2. The molecule has 3 aliphatic carbocycles. The third kappa shape index (κ3) is 12.7. The summed E-state index contributed by atoms with van der Waals surface area (Å²) in [4.78, 5) is 0. The van der Waals surface area contributed by atoms with E-state index in [1.165, 1.54) is 41.8 Å². The summed E-state index contributed by atoms with van der Waals surface area (Å²) in [5.74, 6) is 0. The molecule has 2 aromatic carbocycles. The quantitative estimate of drug-likeness (QED) is 0.145. The first kappa shape index (κ1) is 34.4. The summed E-state index contributed by atoms with van der Waals surface area (Å²) in [5, 5.41) is 3.17. The first-order valence-electron chi connectivity index (χ1n) is 14.8. The van der Waals surface area contributed by atoms with E-state index in [1.807, 2.05) is 37.4 Å². The van der Waals surface area contributed by atoms with Crippen LogP contribution in [0.15, 0.2) is 48.5 Å². The van der Waals surface area contributed by atoms with Gasteiger partial charge in [-0.1, -0.05) is 89.5 Å². The molecule has 7 heteroatoms. The monoisotopic (exact) mass is 664 g/mol. The van der Waals surface area contributed by atoms with Crippen LogP contribution in [-0.2, 0) is 30.5 Å². The van der Waals surface area contributed by atoms with Crippen molar-refractivity contribution in [2.45, 2.75) is 113 Å². The smallest absolute Gasteiger partial charge is 0.261 e. The van der Waals surface area contributed by atoms with Crippen molar-refractivity contribution in [2.75, 3.05) is 18.6 Å². The fraction of sp³-hybridized carbons (Fsp3) is 0.625. The summed E-state index contributed by atoms with van der Waals surface area (Å²) < 4.78 is 25.9. The molecule has 0 unspecified atom stereocenters. The van der Waals surface area contributed by atoms with Gasteiger partial charge in [-0.05, 0) is 67.3 Å². The number of rotatable bonds is 5. The molecule has 0 spiro atoms. The van der Waals surface area contributed by atoms with Crippen LogP contribution < -0.4 is 5.32 Å². The molecule has 0 atom stereocenters. The third-order valence-electron chi connectivity index (χ3n) is 8.18. The Morgan fingerprint density at radius 3 is 1.54 bits per heavy atom. The maximum absolute atomic E-state index is 9.19. The van der Waals surface area contributed by atoms with Crippen molar-refractivity contribution >= 4 is 23.7 Å². The van der Waals surface area contributed by atoms with Gasteiger partial charge in [-0.2, -0.15) is 8.42 Å². The second-order valence-electron chi connectivity index (χ2n) is 11.1. The van der Waals surface area contributed by atoms with E-state index in [0.29, 0.717) is 14.2 Å². The van der Waals surface area contributed by atoms with Crippen LogP contribution >= 0.6 is 7.92 Å². The van der Waals surface area contributed by atoms with Gasteiger partial charge in [-0.15, -0.1) is 35.9 Å². The zero-order valence-electron chi connectivity index (χ0n) is 23.9. The van der Waals surface area contributed by atoms with Crippen molar-refractivity contribution in [2.24, 2.45) is 0 Å². The van der Waals surface area contributed by atoms with Gasteiger partial charge < -0.3 is 5.32 Å². The molecule has 0 saturated heterocycles. The molecular formula is C32H49NO3PPdS-. The minimum absolute atomic E-state index is 0. The molecule has 0 heterocycles. The Hall–Kier alpha value is -0.758. The molecule has 39 heavy (non-hydrogen) atoms. The van der Waals surface area contributed by atoms with Gasteiger partial charge in [0, 0.05) is 27.5 Å². The van der Waals surface area contributed by atoms with Gasteiger partial charge in [-0.25, -0.2) is 0 Å². The van der Waals surface area contributed by atoms with E-state index in [9.17, 15) is 8.42 Å². The maximum Gasteiger partial charge on any atom is 0.261 e. The number of hydrogen-bond acceptors (Lipinski definition) is 3. The van der Waals surface area contributed by atoms with Crippen LogP contribution in [0.1, 0.15) is 96.3 Å². The Labute approximate surface area is 253 Å². The molecular weight excluding hydrogens is 616 g/mol. The van der Waals surface area contributed by atoms with E-state index >= 15 is 0 Å². The van der Waals surface area contributed by atoms with Crippen molar-refractivity contribution in [1.29, 1.82) is 0 Å². The predicted octanol–water partition coefficient (Wildman–Crippen LogP) is 9.16. The van der Waals surface area contributed by atoms with Crippen LogP contribution in [0.2, 0.25) is 0 Å². The topological polar surface area (TPSA) is 66.4 Å². The van der Waals surface area contributed by atoms with Crippen molar-refractivity contribution < 1.29 is 33.4 Å². The molecule has 3 fully saturated rings. The molecule has 0 aromatic heterocycles. The second-order valence-corrected chi connectivity index (χ2v) is 15.7. The first-order chi connectivity index (χ1) is 18.4. The molecule has 3 saturated carbocycles. The van der Waals surface area contributed by atoms with Crippen molar-refractivity contribution in [3.63, 3.8) is 0 Å². The molecule has 0 bridgehead atoms. The van der Waals surface area contributed by atoms with E-state index in [2.05, 4.69) is 29.6 Å². The number of anilines is 1. The number of benzene rings is 2. The minimum Gasteiger partial charge on any atom is -0.395 e. The van der Waals surface area contributed by atoms with Crippen molar-refractivity contribution in [1.82, 2.24) is 0 Å². The molecule has 0 radical (unpaired) electrons. The van der Waals surface area contributed by atoms with Gasteiger partial charge >= 0.3 is 0 Å². The summed E-state index contributed by atoms with van der Waals surface area (Å²) >= 11 is 0. The average Bonchev–Trinajstić information content (AvgIpc) is 2.95. The van der Waals surface area contributed by atoms with Crippen LogP contribution in [-0.4, -0.2) is 43.3 Å². The second kappa shape index (κ2) is 18.6. The van der Waals surface area contributed by atoms with E-state index in [4.69, 9.17) is 4.55 Å². The average molecular weight is 665 g/mol. The van der Waals surface area contributed by atoms with Gasteiger partial charge in [0.25, 0.3) is 10.1 Å². The Morgan fingerprint density at radius 1 is 0.744 bits per heavy atom. The van der Waals surface area contributed by atoms with Gasteiger partial charge in [0.2, 0.25) is 0 Å². The van der Waals surface area contributed by atoms with Crippen LogP contribution in [0, 0.1) is 6.07 Å². The van der Waals surface area contributed by atoms with Gasteiger partial charge in [0.15, 0.2) is 0 Å². The largest absolute Gasteiger partial charge is 0.395 e. The summed E-state index contributed by atoms with van der Waals surface area (Å²) in [7, 11) is -1.35. The SMILES string of the molecule is C1CCC(P(C2CCCCC2)C2CCCCC2)CC1.CNc1ccccc1-c1[c-]cccc1.CS(=O)(=O)O.[Pd]. The Morgan fingerprint density at radius 2 is 1.15 bits per heavy atom. The molecule has 0 amide bonds. The maximum atomic E-state index is 9.19. The van der Waals surface area contributed by atoms with Crippen LogP contribution in [0.25, 0.3) is 11.1 Å². The van der Waals surface area contributed by atoms with E-state index in [0.717, 1.165) is 11.3 Å². The van der Waals surface area contributed by atoms with Gasteiger partial charge in [0.1, 0.15) is 0 Å². The molecule has 3 aliphatic rings. The third-order valence-corrected chi connectivity index (χ3v) is 12.3.